The zero-order chi connectivity index (χ0) is 26.0. The van der Waals surface area contributed by atoms with Gasteiger partial charge in [0.25, 0.3) is 5.91 Å². The van der Waals surface area contributed by atoms with Crippen molar-refractivity contribution in [3.05, 3.63) is 77.0 Å². The molecular formula is C27H33ClN4O5. The Bertz CT molecular complexity index is 1130. The average molecular weight is 529 g/mol. The minimum atomic E-state index is -0.585. The first-order chi connectivity index (χ1) is 18.0. The van der Waals surface area contributed by atoms with Crippen LogP contribution in [-0.4, -0.2) is 84.9 Å². The lowest BCUT2D eigenvalue weighted by molar-refractivity contribution is 0.0430. The van der Waals surface area contributed by atoms with Crippen LogP contribution in [0.2, 0.25) is 5.02 Å². The maximum Gasteiger partial charge on any atom is 0.273 e. The van der Waals surface area contributed by atoms with Crippen LogP contribution >= 0.6 is 11.6 Å². The van der Waals surface area contributed by atoms with Gasteiger partial charge in [0, 0.05) is 44.3 Å². The highest BCUT2D eigenvalue weighted by Crippen LogP contribution is 2.18. The number of nitrogens with one attached hydrogen (secondary N) is 1. The Balaban J connectivity index is 1.14. The zero-order valence-electron chi connectivity index (χ0n) is 20.9. The number of rotatable bonds is 12. The third-order valence-corrected chi connectivity index (χ3v) is 6.46. The quantitative estimate of drug-likeness (QED) is 0.370. The number of oxazole rings is 1. The second-order valence-electron chi connectivity index (χ2n) is 8.94. The molecule has 0 radical (unpaired) electrons. The molecule has 37 heavy (non-hydrogen) atoms. The lowest BCUT2D eigenvalue weighted by Gasteiger charge is -2.34. The van der Waals surface area contributed by atoms with Gasteiger partial charge in [-0.15, -0.1) is 0 Å². The summed E-state index contributed by atoms with van der Waals surface area (Å²) in [5, 5.41) is 13.9. The molecule has 1 aliphatic rings. The van der Waals surface area contributed by atoms with Gasteiger partial charge in [0.05, 0.1) is 13.7 Å². The van der Waals surface area contributed by atoms with Crippen molar-refractivity contribution in [1.29, 1.82) is 0 Å². The van der Waals surface area contributed by atoms with Gasteiger partial charge in [-0.2, -0.15) is 0 Å². The van der Waals surface area contributed by atoms with Crippen LogP contribution in [0.3, 0.4) is 0 Å². The van der Waals surface area contributed by atoms with Crippen molar-refractivity contribution in [3.63, 3.8) is 0 Å². The fraction of sp³-hybridized carbons (Fsp3) is 0.407. The number of aliphatic hydroxyl groups is 1. The number of carbonyl (C=O) groups is 1. The summed E-state index contributed by atoms with van der Waals surface area (Å²) in [6, 6.07) is 14.8. The molecule has 10 heteroatoms. The topological polar surface area (TPSA) is 100 Å². The first-order valence-electron chi connectivity index (χ1n) is 12.4. The first-order valence-corrected chi connectivity index (χ1v) is 12.7. The number of methoxy groups -OCH3 is 1. The highest BCUT2D eigenvalue weighted by atomic mass is 35.5. The van der Waals surface area contributed by atoms with Crippen LogP contribution in [-0.2, 0) is 13.0 Å². The molecule has 1 atom stereocenters. The number of amides is 1. The van der Waals surface area contributed by atoms with E-state index in [1.54, 1.807) is 31.4 Å². The smallest absolute Gasteiger partial charge is 0.273 e. The Morgan fingerprint density at radius 2 is 1.86 bits per heavy atom. The van der Waals surface area contributed by atoms with Gasteiger partial charge in [-0.1, -0.05) is 29.8 Å². The largest absolute Gasteiger partial charge is 0.496 e. The van der Waals surface area contributed by atoms with Crippen LogP contribution in [0.5, 0.6) is 11.5 Å². The number of aliphatic hydroxyl groups excluding tert-OH is 1. The molecule has 198 valence electrons. The summed E-state index contributed by atoms with van der Waals surface area (Å²) in [4.78, 5) is 21.3. The van der Waals surface area contributed by atoms with Crippen LogP contribution in [0.15, 0.2) is 59.2 Å². The van der Waals surface area contributed by atoms with E-state index in [0.29, 0.717) is 42.7 Å². The van der Waals surface area contributed by atoms with Gasteiger partial charge in [-0.3, -0.25) is 14.6 Å². The molecule has 1 aliphatic heterocycles. The van der Waals surface area contributed by atoms with Gasteiger partial charge in [0.2, 0.25) is 5.89 Å². The number of ether oxygens (including phenoxy) is 2. The molecule has 2 N–H and O–H groups in total. The van der Waals surface area contributed by atoms with Crippen molar-refractivity contribution >= 4 is 17.5 Å². The molecule has 1 amide bonds. The van der Waals surface area contributed by atoms with E-state index in [4.69, 9.17) is 25.5 Å². The lowest BCUT2D eigenvalue weighted by atomic mass is 10.1. The number of nitrogens with zero attached hydrogens (tertiary/aromatic N) is 3. The highest BCUT2D eigenvalue weighted by molar-refractivity contribution is 6.30. The number of para-hydroxylation sites is 1. The van der Waals surface area contributed by atoms with Crippen LogP contribution in [0.4, 0.5) is 0 Å². The van der Waals surface area contributed by atoms with Gasteiger partial charge in [0.1, 0.15) is 30.5 Å². The van der Waals surface area contributed by atoms with Crippen molar-refractivity contribution < 1.29 is 23.8 Å². The Morgan fingerprint density at radius 1 is 1.14 bits per heavy atom. The molecule has 3 aromatic rings. The van der Waals surface area contributed by atoms with Gasteiger partial charge in [-0.25, -0.2) is 4.98 Å². The summed E-state index contributed by atoms with van der Waals surface area (Å²) in [7, 11) is 1.64. The number of halogens is 1. The molecule has 0 unspecified atom stereocenters. The Morgan fingerprint density at radius 3 is 2.62 bits per heavy atom. The van der Waals surface area contributed by atoms with E-state index in [-0.39, 0.29) is 18.2 Å². The van der Waals surface area contributed by atoms with Crippen molar-refractivity contribution in [2.45, 2.75) is 19.1 Å². The van der Waals surface area contributed by atoms with E-state index in [2.05, 4.69) is 20.1 Å². The van der Waals surface area contributed by atoms with Crippen LogP contribution in [0, 0.1) is 0 Å². The first kappa shape index (κ1) is 26.9. The summed E-state index contributed by atoms with van der Waals surface area (Å²) >= 11 is 5.88. The number of hydrogen-bond donors (Lipinski definition) is 2. The third-order valence-electron chi connectivity index (χ3n) is 6.21. The van der Waals surface area contributed by atoms with Crippen molar-refractivity contribution in [2.24, 2.45) is 0 Å². The van der Waals surface area contributed by atoms with E-state index >= 15 is 0 Å². The molecule has 0 aliphatic carbocycles. The minimum Gasteiger partial charge on any atom is -0.496 e. The molecule has 0 saturated carbocycles. The number of piperazine rings is 1. The van der Waals surface area contributed by atoms with Gasteiger partial charge in [0.15, 0.2) is 5.69 Å². The summed E-state index contributed by atoms with van der Waals surface area (Å²) in [5.74, 6) is 1.74. The number of aromatic nitrogens is 1. The van der Waals surface area contributed by atoms with E-state index in [0.717, 1.165) is 37.5 Å². The fourth-order valence-electron chi connectivity index (χ4n) is 4.19. The molecule has 1 saturated heterocycles. The van der Waals surface area contributed by atoms with Crippen molar-refractivity contribution in [3.8, 4) is 11.5 Å². The number of carbonyl (C=O) groups excluding carboxylic acids is 1. The van der Waals surface area contributed by atoms with E-state index < -0.39 is 6.10 Å². The predicted octanol–water partition coefficient (Wildman–Crippen LogP) is 2.87. The van der Waals surface area contributed by atoms with E-state index in [1.165, 1.54) is 6.26 Å². The Hall–Kier alpha value is -3.11. The standard InChI is InChI=1S/C27H33ClN4O5/c1-35-25-5-3-2-4-20(25)10-11-29-27(34)24-19-37-26(30-24)17-32-14-12-31(13-15-32)16-22(33)18-36-23-8-6-21(28)7-9-23/h2-9,19,22,33H,10-18H2,1H3,(H,29,34)/t22-/m0/s1. The zero-order valence-corrected chi connectivity index (χ0v) is 21.7. The van der Waals surface area contributed by atoms with Gasteiger partial charge >= 0.3 is 0 Å². The maximum atomic E-state index is 12.5. The highest BCUT2D eigenvalue weighted by Gasteiger charge is 2.21. The Labute approximate surface area is 221 Å². The second-order valence-corrected chi connectivity index (χ2v) is 9.38. The number of benzene rings is 2. The molecule has 2 heterocycles. The van der Waals surface area contributed by atoms with Crippen LogP contribution in [0.1, 0.15) is 21.9 Å². The predicted molar refractivity (Wildman–Crippen MR) is 140 cm³/mol. The molecule has 0 bridgehead atoms. The van der Waals surface area contributed by atoms with Gasteiger partial charge in [-0.05, 0) is 42.3 Å². The molecule has 9 nitrogen and oxygen atoms in total. The molecule has 1 fully saturated rings. The van der Waals surface area contributed by atoms with Crippen molar-refractivity contribution in [1.82, 2.24) is 20.1 Å². The third kappa shape index (κ3) is 8.19. The summed E-state index contributed by atoms with van der Waals surface area (Å²) in [5.41, 5.74) is 1.31. The minimum absolute atomic E-state index is 0.224. The Kier molecular flexibility index (Phi) is 9.78. The SMILES string of the molecule is COc1ccccc1CCNC(=O)c1coc(CN2CCN(C[C@H](O)COc3ccc(Cl)cc3)CC2)n1. The van der Waals surface area contributed by atoms with Crippen molar-refractivity contribution in [2.75, 3.05) is 53.0 Å². The molecule has 2 aromatic carbocycles. The molecule has 1 aromatic heterocycles. The monoisotopic (exact) mass is 528 g/mol. The second kappa shape index (κ2) is 13.4. The van der Waals surface area contributed by atoms with E-state index in [1.807, 2.05) is 24.3 Å². The molecule has 4 rings (SSSR count). The lowest BCUT2D eigenvalue weighted by Crippen LogP contribution is -2.48. The number of β-amino-alcohol motifs (C(OH)–C–C–N with tert-alkyl or cyclic N) is 1. The summed E-state index contributed by atoms with van der Waals surface area (Å²) in [6.07, 6.45) is 1.48. The van der Waals surface area contributed by atoms with Crippen LogP contribution < -0.4 is 14.8 Å². The normalized spacial score (nSPS) is 15.3. The summed E-state index contributed by atoms with van der Waals surface area (Å²) in [6.45, 7) is 5.02. The van der Waals surface area contributed by atoms with Gasteiger partial charge < -0.3 is 24.3 Å². The average Bonchev–Trinajstić information content (AvgIpc) is 3.38. The molecular weight excluding hydrogens is 496 g/mol. The maximum absolute atomic E-state index is 12.5. The van der Waals surface area contributed by atoms with Crippen LogP contribution in [0.25, 0.3) is 0 Å². The van der Waals surface area contributed by atoms with E-state index in [9.17, 15) is 9.90 Å². The summed E-state index contributed by atoms with van der Waals surface area (Å²) < 4.78 is 16.5. The number of hydrogen-bond acceptors (Lipinski definition) is 8. The fourth-order valence-corrected chi connectivity index (χ4v) is 4.32. The molecule has 0 spiro atoms.